The molecule has 0 bridgehead atoms. The van der Waals surface area contributed by atoms with E-state index in [9.17, 15) is 17.6 Å². The Morgan fingerprint density at radius 1 is 1.15 bits per heavy atom. The highest BCUT2D eigenvalue weighted by molar-refractivity contribution is 7.92. The van der Waals surface area contributed by atoms with Gasteiger partial charge in [0.2, 0.25) is 10.0 Å². The molecule has 0 radical (unpaired) electrons. The standard InChI is InChI=1S/C19H23FN2O4S/c1-26-13-5-12-21-19(23)15-8-10-17(11-9-15)22(27(2,24)25)14-16-6-3-4-7-18(16)20/h3-4,6-11H,5,12-14H2,1-2H3,(H,21,23). The summed E-state index contributed by atoms with van der Waals surface area (Å²) in [5.41, 5.74) is 1.04. The number of nitrogens with one attached hydrogen (secondary N) is 1. The molecule has 6 nitrogen and oxygen atoms in total. The molecule has 2 aromatic rings. The van der Waals surface area contributed by atoms with Gasteiger partial charge in [-0.2, -0.15) is 0 Å². The van der Waals surface area contributed by atoms with Gasteiger partial charge in [0.15, 0.2) is 0 Å². The monoisotopic (exact) mass is 394 g/mol. The number of nitrogens with zero attached hydrogens (tertiary/aromatic N) is 1. The minimum absolute atomic E-state index is 0.131. The van der Waals surface area contributed by atoms with E-state index in [0.717, 1.165) is 10.6 Å². The van der Waals surface area contributed by atoms with Gasteiger partial charge in [-0.05, 0) is 36.8 Å². The summed E-state index contributed by atoms with van der Waals surface area (Å²) in [6.45, 7) is 0.907. The van der Waals surface area contributed by atoms with Gasteiger partial charge < -0.3 is 10.1 Å². The molecule has 1 N–H and O–H groups in total. The van der Waals surface area contributed by atoms with Crippen LogP contribution in [-0.4, -0.2) is 40.8 Å². The molecule has 1 amide bonds. The predicted molar refractivity (Wildman–Crippen MR) is 103 cm³/mol. The Morgan fingerprint density at radius 3 is 2.41 bits per heavy atom. The maximum absolute atomic E-state index is 13.9. The molecule has 0 heterocycles. The molecular weight excluding hydrogens is 371 g/mol. The van der Waals surface area contributed by atoms with E-state index in [1.807, 2.05) is 0 Å². The minimum Gasteiger partial charge on any atom is -0.385 e. The van der Waals surface area contributed by atoms with E-state index in [-0.39, 0.29) is 18.0 Å². The molecule has 8 heteroatoms. The van der Waals surface area contributed by atoms with Crippen molar-refractivity contribution in [2.75, 3.05) is 30.8 Å². The third-order valence-corrected chi connectivity index (χ3v) is 5.04. The molecule has 0 saturated heterocycles. The first kappa shape index (κ1) is 20.9. The second-order valence-corrected chi connectivity index (χ2v) is 7.92. The number of carbonyl (C=O) groups is 1. The summed E-state index contributed by atoms with van der Waals surface area (Å²) in [7, 11) is -2.04. The van der Waals surface area contributed by atoms with Gasteiger partial charge in [0.1, 0.15) is 5.82 Å². The van der Waals surface area contributed by atoms with Crippen molar-refractivity contribution >= 4 is 21.6 Å². The molecule has 0 unspecified atom stereocenters. The van der Waals surface area contributed by atoms with Gasteiger partial charge in [-0.3, -0.25) is 9.10 Å². The third kappa shape index (κ3) is 6.04. The first-order valence-electron chi connectivity index (χ1n) is 8.41. The van der Waals surface area contributed by atoms with Crippen LogP contribution in [0.1, 0.15) is 22.3 Å². The average Bonchev–Trinajstić information content (AvgIpc) is 2.63. The number of hydrogen-bond donors (Lipinski definition) is 1. The molecule has 2 aromatic carbocycles. The summed E-state index contributed by atoms with van der Waals surface area (Å²) < 4.78 is 44.3. The summed E-state index contributed by atoms with van der Waals surface area (Å²) in [6.07, 6.45) is 1.76. The van der Waals surface area contributed by atoms with Crippen molar-refractivity contribution in [1.82, 2.24) is 5.32 Å². The zero-order chi connectivity index (χ0) is 19.9. The van der Waals surface area contributed by atoms with Crippen LogP contribution in [0.2, 0.25) is 0 Å². The Balaban J connectivity index is 2.15. The first-order valence-corrected chi connectivity index (χ1v) is 10.3. The van der Waals surface area contributed by atoms with Gasteiger partial charge in [0.05, 0.1) is 18.5 Å². The molecule has 0 aliphatic rings. The van der Waals surface area contributed by atoms with Crippen LogP contribution in [-0.2, 0) is 21.3 Å². The number of methoxy groups -OCH3 is 1. The summed E-state index contributed by atoms with van der Waals surface area (Å²) in [5, 5.41) is 2.76. The highest BCUT2D eigenvalue weighted by Crippen LogP contribution is 2.22. The molecule has 146 valence electrons. The Morgan fingerprint density at radius 2 is 1.81 bits per heavy atom. The Labute approximate surface area is 159 Å². The summed E-state index contributed by atoms with van der Waals surface area (Å²) in [4.78, 5) is 12.1. The highest BCUT2D eigenvalue weighted by Gasteiger charge is 2.19. The summed E-state index contributed by atoms with van der Waals surface area (Å²) >= 11 is 0. The zero-order valence-corrected chi connectivity index (χ0v) is 16.1. The third-order valence-electron chi connectivity index (χ3n) is 3.90. The number of carbonyl (C=O) groups excluding carboxylic acids is 1. The molecule has 0 aliphatic carbocycles. The number of benzene rings is 2. The van der Waals surface area contributed by atoms with Gasteiger partial charge in [0, 0.05) is 31.4 Å². The fourth-order valence-corrected chi connectivity index (χ4v) is 3.36. The Hall–Kier alpha value is -2.45. The quantitative estimate of drug-likeness (QED) is 0.663. The smallest absolute Gasteiger partial charge is 0.251 e. The first-order chi connectivity index (χ1) is 12.8. The number of hydrogen-bond acceptors (Lipinski definition) is 4. The average molecular weight is 394 g/mol. The van der Waals surface area contributed by atoms with Crippen molar-refractivity contribution in [2.24, 2.45) is 0 Å². The van der Waals surface area contributed by atoms with Gasteiger partial charge in [0.25, 0.3) is 5.91 Å². The molecule has 0 fully saturated rings. The van der Waals surface area contributed by atoms with Crippen molar-refractivity contribution in [2.45, 2.75) is 13.0 Å². The largest absolute Gasteiger partial charge is 0.385 e. The van der Waals surface area contributed by atoms with E-state index < -0.39 is 15.8 Å². The van der Waals surface area contributed by atoms with Crippen molar-refractivity contribution in [1.29, 1.82) is 0 Å². The van der Waals surface area contributed by atoms with E-state index in [4.69, 9.17) is 4.74 Å². The lowest BCUT2D eigenvalue weighted by atomic mass is 10.1. The fraction of sp³-hybridized carbons (Fsp3) is 0.316. The van der Waals surface area contributed by atoms with Crippen molar-refractivity contribution < 1.29 is 22.3 Å². The number of halogens is 1. The molecule has 0 atom stereocenters. The van der Waals surface area contributed by atoms with Crippen LogP contribution in [0.3, 0.4) is 0 Å². The van der Waals surface area contributed by atoms with Gasteiger partial charge >= 0.3 is 0 Å². The van der Waals surface area contributed by atoms with Gasteiger partial charge in [-0.1, -0.05) is 18.2 Å². The van der Waals surface area contributed by atoms with E-state index in [1.54, 1.807) is 31.4 Å². The fourth-order valence-electron chi connectivity index (χ4n) is 2.48. The van der Waals surface area contributed by atoms with Crippen molar-refractivity contribution in [3.63, 3.8) is 0 Å². The molecule has 0 aromatic heterocycles. The van der Waals surface area contributed by atoms with E-state index in [2.05, 4.69) is 5.32 Å². The molecule has 2 rings (SSSR count). The van der Waals surface area contributed by atoms with Crippen LogP contribution in [0.25, 0.3) is 0 Å². The maximum atomic E-state index is 13.9. The molecule has 27 heavy (non-hydrogen) atoms. The second kappa shape index (κ2) is 9.48. The summed E-state index contributed by atoms with van der Waals surface area (Å²) in [5.74, 6) is -0.726. The highest BCUT2D eigenvalue weighted by atomic mass is 32.2. The topological polar surface area (TPSA) is 75.7 Å². The lowest BCUT2D eigenvalue weighted by molar-refractivity contribution is 0.0948. The number of rotatable bonds is 9. The Bertz CT molecular complexity index is 870. The SMILES string of the molecule is COCCCNC(=O)c1ccc(N(Cc2ccccc2F)S(C)(=O)=O)cc1. The molecular formula is C19H23FN2O4S. The second-order valence-electron chi connectivity index (χ2n) is 6.01. The van der Waals surface area contributed by atoms with E-state index in [0.29, 0.717) is 30.8 Å². The maximum Gasteiger partial charge on any atom is 0.251 e. The predicted octanol–water partition coefficient (Wildman–Crippen LogP) is 2.56. The Kier molecular flexibility index (Phi) is 7.32. The van der Waals surface area contributed by atoms with Gasteiger partial charge in [-0.15, -0.1) is 0 Å². The molecule has 0 saturated carbocycles. The number of amides is 1. The van der Waals surface area contributed by atoms with Crippen LogP contribution in [0, 0.1) is 5.82 Å². The van der Waals surface area contributed by atoms with Crippen molar-refractivity contribution in [3.8, 4) is 0 Å². The van der Waals surface area contributed by atoms with Crippen LogP contribution in [0.15, 0.2) is 48.5 Å². The lowest BCUT2D eigenvalue weighted by Crippen LogP contribution is -2.30. The van der Waals surface area contributed by atoms with Crippen LogP contribution >= 0.6 is 0 Å². The molecule has 0 aliphatic heterocycles. The summed E-state index contributed by atoms with van der Waals surface area (Å²) in [6, 6.07) is 12.2. The minimum atomic E-state index is -3.63. The molecule has 0 spiro atoms. The zero-order valence-electron chi connectivity index (χ0n) is 15.3. The van der Waals surface area contributed by atoms with Gasteiger partial charge in [-0.25, -0.2) is 12.8 Å². The van der Waals surface area contributed by atoms with Crippen LogP contribution < -0.4 is 9.62 Å². The number of anilines is 1. The number of ether oxygens (including phenoxy) is 1. The number of sulfonamides is 1. The van der Waals surface area contributed by atoms with Crippen LogP contribution in [0.4, 0.5) is 10.1 Å². The lowest BCUT2D eigenvalue weighted by Gasteiger charge is -2.23. The normalized spacial score (nSPS) is 11.2. The van der Waals surface area contributed by atoms with Crippen LogP contribution in [0.5, 0.6) is 0 Å². The van der Waals surface area contributed by atoms with E-state index >= 15 is 0 Å². The van der Waals surface area contributed by atoms with Crippen molar-refractivity contribution in [3.05, 3.63) is 65.5 Å². The van der Waals surface area contributed by atoms with E-state index in [1.165, 1.54) is 24.3 Å².